The molecule has 100 valence electrons. The Balaban J connectivity index is 2.07. The molecule has 0 amide bonds. The minimum atomic E-state index is -4.66. The predicted octanol–water partition coefficient (Wildman–Crippen LogP) is 3.60. The van der Waals surface area contributed by atoms with Crippen molar-refractivity contribution in [2.45, 2.75) is 44.1 Å². The molecule has 1 N–H and O–H groups in total. The standard InChI is InChI=1S/C13H15F3O2/c14-13(15,16)18-10-7-5-9(6-8-10)11-3-1-2-4-12(11)17/h5-8,11-12,17H,1-4H2/t11-,12-/m0/s1. The first-order chi connectivity index (χ1) is 8.46. The van der Waals surface area contributed by atoms with Crippen molar-refractivity contribution in [3.05, 3.63) is 29.8 Å². The lowest BCUT2D eigenvalue weighted by molar-refractivity contribution is -0.274. The maximum atomic E-state index is 12.0. The maximum absolute atomic E-state index is 12.0. The van der Waals surface area contributed by atoms with E-state index in [2.05, 4.69) is 4.74 Å². The molecule has 0 unspecified atom stereocenters. The molecule has 0 radical (unpaired) electrons. The van der Waals surface area contributed by atoms with Gasteiger partial charge in [0.2, 0.25) is 0 Å². The zero-order valence-corrected chi connectivity index (χ0v) is 9.78. The lowest BCUT2D eigenvalue weighted by Crippen LogP contribution is -2.22. The number of benzene rings is 1. The highest BCUT2D eigenvalue weighted by Crippen LogP contribution is 2.34. The highest BCUT2D eigenvalue weighted by Gasteiger charge is 2.31. The van der Waals surface area contributed by atoms with E-state index in [-0.39, 0.29) is 11.7 Å². The van der Waals surface area contributed by atoms with Crippen LogP contribution in [-0.4, -0.2) is 17.6 Å². The lowest BCUT2D eigenvalue weighted by atomic mass is 9.82. The number of aliphatic hydroxyl groups excluding tert-OH is 1. The number of rotatable bonds is 2. The average Bonchev–Trinajstić information content (AvgIpc) is 2.29. The summed E-state index contributed by atoms with van der Waals surface area (Å²) < 4.78 is 39.8. The number of aliphatic hydroxyl groups is 1. The number of alkyl halides is 3. The number of hydrogen-bond acceptors (Lipinski definition) is 2. The Morgan fingerprint density at radius 2 is 1.67 bits per heavy atom. The van der Waals surface area contributed by atoms with E-state index in [9.17, 15) is 18.3 Å². The first kappa shape index (κ1) is 13.2. The van der Waals surface area contributed by atoms with Crippen LogP contribution < -0.4 is 4.74 Å². The van der Waals surface area contributed by atoms with Crippen molar-refractivity contribution < 1.29 is 23.0 Å². The van der Waals surface area contributed by atoms with Crippen molar-refractivity contribution in [3.63, 3.8) is 0 Å². The fraction of sp³-hybridized carbons (Fsp3) is 0.538. The Bertz CT molecular complexity index is 386. The molecule has 2 nitrogen and oxygen atoms in total. The molecule has 1 aromatic carbocycles. The third-order valence-corrected chi connectivity index (χ3v) is 3.27. The minimum absolute atomic E-state index is 0.0266. The van der Waals surface area contributed by atoms with E-state index in [1.807, 2.05) is 0 Å². The van der Waals surface area contributed by atoms with E-state index < -0.39 is 12.5 Å². The summed E-state index contributed by atoms with van der Waals surface area (Å²) in [5.41, 5.74) is 0.872. The van der Waals surface area contributed by atoms with Gasteiger partial charge >= 0.3 is 6.36 Å². The van der Waals surface area contributed by atoms with E-state index in [0.717, 1.165) is 31.2 Å². The fourth-order valence-electron chi connectivity index (χ4n) is 2.42. The zero-order chi connectivity index (χ0) is 13.2. The molecule has 1 aliphatic carbocycles. The van der Waals surface area contributed by atoms with Gasteiger partial charge in [-0.25, -0.2) is 0 Å². The van der Waals surface area contributed by atoms with Crippen LogP contribution in [0.15, 0.2) is 24.3 Å². The lowest BCUT2D eigenvalue weighted by Gasteiger charge is -2.28. The Labute approximate surface area is 103 Å². The highest BCUT2D eigenvalue weighted by molar-refractivity contribution is 5.30. The summed E-state index contributed by atoms with van der Waals surface area (Å²) in [4.78, 5) is 0. The van der Waals surface area contributed by atoms with Gasteiger partial charge in [-0.2, -0.15) is 0 Å². The summed E-state index contributed by atoms with van der Waals surface area (Å²) in [5, 5.41) is 9.87. The van der Waals surface area contributed by atoms with Crippen LogP contribution in [0.2, 0.25) is 0 Å². The quantitative estimate of drug-likeness (QED) is 0.880. The van der Waals surface area contributed by atoms with Gasteiger partial charge in [-0.15, -0.1) is 13.2 Å². The van der Waals surface area contributed by atoms with Crippen molar-refractivity contribution in [3.8, 4) is 5.75 Å². The van der Waals surface area contributed by atoms with Gasteiger partial charge in [0.15, 0.2) is 0 Å². The van der Waals surface area contributed by atoms with E-state index in [1.54, 1.807) is 12.1 Å². The Kier molecular flexibility index (Phi) is 3.80. The summed E-state index contributed by atoms with van der Waals surface area (Å²) >= 11 is 0. The second-order valence-electron chi connectivity index (χ2n) is 4.58. The number of ether oxygens (including phenoxy) is 1. The first-order valence-corrected chi connectivity index (χ1v) is 5.99. The molecule has 1 saturated carbocycles. The molecule has 18 heavy (non-hydrogen) atoms. The summed E-state index contributed by atoms with van der Waals surface area (Å²) in [5.74, 6) is -0.199. The first-order valence-electron chi connectivity index (χ1n) is 5.99. The van der Waals surface area contributed by atoms with Crippen LogP contribution in [0.25, 0.3) is 0 Å². The second kappa shape index (κ2) is 5.18. The molecule has 1 aliphatic rings. The van der Waals surface area contributed by atoms with Crippen molar-refractivity contribution >= 4 is 0 Å². The van der Waals surface area contributed by atoms with Crippen LogP contribution >= 0.6 is 0 Å². The summed E-state index contributed by atoms with van der Waals surface area (Å²) in [7, 11) is 0. The SMILES string of the molecule is O[C@H]1CCCC[C@H]1c1ccc(OC(F)(F)F)cc1. The van der Waals surface area contributed by atoms with Gasteiger partial charge in [0.25, 0.3) is 0 Å². The minimum Gasteiger partial charge on any atom is -0.406 e. The molecular formula is C13H15F3O2. The van der Waals surface area contributed by atoms with Crippen LogP contribution in [0.5, 0.6) is 5.75 Å². The van der Waals surface area contributed by atoms with Crippen LogP contribution in [0.4, 0.5) is 13.2 Å². The van der Waals surface area contributed by atoms with Crippen LogP contribution in [0.3, 0.4) is 0 Å². The van der Waals surface area contributed by atoms with Crippen LogP contribution in [-0.2, 0) is 0 Å². The second-order valence-corrected chi connectivity index (χ2v) is 4.58. The van der Waals surface area contributed by atoms with E-state index >= 15 is 0 Å². The predicted molar refractivity (Wildman–Crippen MR) is 60.3 cm³/mol. The van der Waals surface area contributed by atoms with Crippen molar-refractivity contribution in [1.29, 1.82) is 0 Å². The van der Waals surface area contributed by atoms with Gasteiger partial charge in [0, 0.05) is 5.92 Å². The molecule has 2 atom stereocenters. The molecule has 0 saturated heterocycles. The van der Waals surface area contributed by atoms with E-state index in [4.69, 9.17) is 0 Å². The van der Waals surface area contributed by atoms with E-state index in [0.29, 0.717) is 0 Å². The Morgan fingerprint density at radius 3 is 2.22 bits per heavy atom. The van der Waals surface area contributed by atoms with Gasteiger partial charge in [0.05, 0.1) is 6.10 Å². The smallest absolute Gasteiger partial charge is 0.406 e. The molecule has 0 bridgehead atoms. The molecule has 5 heteroatoms. The van der Waals surface area contributed by atoms with E-state index in [1.165, 1.54) is 12.1 Å². The third kappa shape index (κ3) is 3.38. The topological polar surface area (TPSA) is 29.5 Å². The molecular weight excluding hydrogens is 245 g/mol. The largest absolute Gasteiger partial charge is 0.573 e. The summed E-state index contributed by atoms with van der Waals surface area (Å²) in [6, 6.07) is 5.79. The van der Waals surface area contributed by atoms with Gasteiger partial charge in [-0.1, -0.05) is 25.0 Å². The van der Waals surface area contributed by atoms with Crippen molar-refractivity contribution in [2.75, 3.05) is 0 Å². The number of halogens is 3. The molecule has 0 aromatic heterocycles. The summed E-state index contributed by atoms with van der Waals surface area (Å²) in [6.07, 6.45) is -1.37. The molecule has 2 rings (SSSR count). The molecule has 1 fully saturated rings. The summed E-state index contributed by atoms with van der Waals surface area (Å²) in [6.45, 7) is 0. The number of hydrogen-bond donors (Lipinski definition) is 1. The average molecular weight is 260 g/mol. The third-order valence-electron chi connectivity index (χ3n) is 3.27. The van der Waals surface area contributed by atoms with Gasteiger partial charge in [-0.05, 0) is 30.5 Å². The van der Waals surface area contributed by atoms with Crippen LogP contribution in [0, 0.1) is 0 Å². The molecule has 1 aromatic rings. The van der Waals surface area contributed by atoms with Crippen molar-refractivity contribution in [2.24, 2.45) is 0 Å². The Hall–Kier alpha value is -1.23. The van der Waals surface area contributed by atoms with Gasteiger partial charge in [0.1, 0.15) is 5.75 Å². The normalized spacial score (nSPS) is 24.9. The Morgan fingerprint density at radius 1 is 1.06 bits per heavy atom. The molecule has 0 spiro atoms. The van der Waals surface area contributed by atoms with Crippen molar-refractivity contribution in [1.82, 2.24) is 0 Å². The fourth-order valence-corrected chi connectivity index (χ4v) is 2.42. The molecule has 0 aliphatic heterocycles. The monoisotopic (exact) mass is 260 g/mol. The maximum Gasteiger partial charge on any atom is 0.573 e. The van der Waals surface area contributed by atoms with Gasteiger partial charge in [-0.3, -0.25) is 0 Å². The van der Waals surface area contributed by atoms with Crippen LogP contribution in [0.1, 0.15) is 37.2 Å². The highest BCUT2D eigenvalue weighted by atomic mass is 19.4. The van der Waals surface area contributed by atoms with Gasteiger partial charge < -0.3 is 9.84 Å². The zero-order valence-electron chi connectivity index (χ0n) is 9.78. The molecule has 0 heterocycles.